The molecule has 3 heteroatoms. The van der Waals surface area contributed by atoms with Gasteiger partial charge in [-0.2, -0.15) is 0 Å². The van der Waals surface area contributed by atoms with E-state index in [1.807, 2.05) is 12.1 Å². The van der Waals surface area contributed by atoms with E-state index in [0.717, 1.165) is 10.7 Å². The topological polar surface area (TPSA) is 17.1 Å². The Morgan fingerprint density at radius 2 is 2.25 bits per heavy atom. The Hall–Kier alpha value is -0.631. The van der Waals surface area contributed by atoms with E-state index in [9.17, 15) is 4.79 Å². The molecule has 0 aliphatic carbocycles. The van der Waals surface area contributed by atoms with E-state index in [2.05, 4.69) is 17.5 Å². The van der Waals surface area contributed by atoms with Gasteiger partial charge in [0, 0.05) is 0 Å². The van der Waals surface area contributed by atoms with Gasteiger partial charge in [-0.25, -0.2) is 0 Å². The maximum absolute atomic E-state index is 10.4. The Labute approximate surface area is 80.4 Å². The molecule has 2 aromatic heterocycles. The van der Waals surface area contributed by atoms with Crippen molar-refractivity contribution < 1.29 is 4.79 Å². The first kappa shape index (κ1) is 7.99. The Kier molecular flexibility index (Phi) is 2.26. The van der Waals surface area contributed by atoms with Gasteiger partial charge in [0.2, 0.25) is 0 Å². The Morgan fingerprint density at radius 1 is 1.33 bits per heavy atom. The van der Waals surface area contributed by atoms with Gasteiger partial charge in [-0.15, -0.1) is 0 Å². The monoisotopic (exact) mass is 242 g/mol. The van der Waals surface area contributed by atoms with Gasteiger partial charge >= 0.3 is 80.3 Å². The predicted octanol–water partition coefficient (Wildman–Crippen LogP) is 2.28. The molecule has 0 bridgehead atoms. The van der Waals surface area contributed by atoms with Crippen LogP contribution in [0.15, 0.2) is 29.6 Å². The van der Waals surface area contributed by atoms with Crippen LogP contribution in [0.1, 0.15) is 9.23 Å². The van der Waals surface area contributed by atoms with E-state index in [1.54, 1.807) is 11.3 Å². The summed E-state index contributed by atoms with van der Waals surface area (Å²) in [7, 11) is 0. The van der Waals surface area contributed by atoms with Gasteiger partial charge in [0.1, 0.15) is 0 Å². The van der Waals surface area contributed by atoms with Crippen LogP contribution in [0.2, 0.25) is 0 Å². The number of carbonyl (C=O) groups excluding carboxylic acids is 1. The zero-order chi connectivity index (χ0) is 8.39. The summed E-state index contributed by atoms with van der Waals surface area (Å²) in [5, 5.41) is 2.06. The van der Waals surface area contributed by atoms with Gasteiger partial charge < -0.3 is 0 Å². The number of carbonyl (C=O) groups is 1. The van der Waals surface area contributed by atoms with E-state index in [-0.39, 0.29) is 14.5 Å². The van der Waals surface area contributed by atoms with Crippen molar-refractivity contribution in [3.8, 4) is 9.31 Å². The summed E-state index contributed by atoms with van der Waals surface area (Å²) in [6.07, 6.45) is 0.955. The molecule has 0 aromatic carbocycles. The summed E-state index contributed by atoms with van der Waals surface area (Å²) in [5.41, 5.74) is 0. The van der Waals surface area contributed by atoms with Gasteiger partial charge in [0.15, 0.2) is 0 Å². The maximum atomic E-state index is 10.4. The molecular formula is C9H6OSSe. The molecule has 0 radical (unpaired) electrons. The summed E-state index contributed by atoms with van der Waals surface area (Å²) >= 11 is 1.97. The number of rotatable bonds is 2. The first-order valence-corrected chi connectivity index (χ1v) is 6.08. The Balaban J connectivity index is 2.41. The second-order valence-electron chi connectivity index (χ2n) is 2.30. The molecule has 0 saturated carbocycles. The molecule has 0 unspecified atom stereocenters. The molecule has 0 saturated heterocycles. The van der Waals surface area contributed by atoms with Crippen LogP contribution in [0.5, 0.6) is 0 Å². The Bertz CT molecular complexity index is 375. The first-order chi connectivity index (χ1) is 5.90. The molecule has 0 fully saturated rings. The quantitative estimate of drug-likeness (QED) is 0.582. The van der Waals surface area contributed by atoms with Crippen LogP contribution in [0, 0.1) is 0 Å². The van der Waals surface area contributed by atoms with Crippen LogP contribution >= 0.6 is 11.3 Å². The second-order valence-corrected chi connectivity index (χ2v) is 5.58. The standard InChI is InChI=1S/C9H6OSSe/c10-6-7-3-4-9(12-7)8-2-1-5-11-8/h1-6H. The normalized spacial score (nSPS) is 10.0. The number of hydrogen-bond acceptors (Lipinski definition) is 2. The van der Waals surface area contributed by atoms with Crippen LogP contribution in [-0.4, -0.2) is 20.8 Å². The molecule has 0 atom stereocenters. The SMILES string of the molecule is O=Cc1ccc(-c2cccs2)[se]1. The fourth-order valence-electron chi connectivity index (χ4n) is 0.967. The second kappa shape index (κ2) is 3.40. The average molecular weight is 241 g/mol. The van der Waals surface area contributed by atoms with E-state index in [4.69, 9.17) is 0 Å². The van der Waals surface area contributed by atoms with E-state index < -0.39 is 0 Å². The molecular weight excluding hydrogens is 235 g/mol. The molecule has 0 aliphatic rings. The third-order valence-electron chi connectivity index (χ3n) is 1.51. The minimum atomic E-state index is 0.243. The van der Waals surface area contributed by atoms with Gasteiger partial charge in [-0.05, 0) is 0 Å². The van der Waals surface area contributed by atoms with Crippen molar-refractivity contribution >= 4 is 32.1 Å². The van der Waals surface area contributed by atoms with E-state index >= 15 is 0 Å². The van der Waals surface area contributed by atoms with E-state index in [0.29, 0.717) is 0 Å². The predicted molar refractivity (Wildman–Crippen MR) is 52.1 cm³/mol. The molecule has 0 N–H and O–H groups in total. The molecule has 60 valence electrons. The fraction of sp³-hybridized carbons (Fsp3) is 0. The third kappa shape index (κ3) is 1.44. The van der Waals surface area contributed by atoms with Crippen LogP contribution < -0.4 is 0 Å². The molecule has 12 heavy (non-hydrogen) atoms. The van der Waals surface area contributed by atoms with Crippen LogP contribution in [0.4, 0.5) is 0 Å². The van der Waals surface area contributed by atoms with E-state index in [1.165, 1.54) is 9.31 Å². The zero-order valence-electron chi connectivity index (χ0n) is 6.19. The van der Waals surface area contributed by atoms with Crippen molar-refractivity contribution in [1.82, 2.24) is 0 Å². The number of aldehydes is 1. The van der Waals surface area contributed by atoms with Crippen molar-refractivity contribution in [2.45, 2.75) is 0 Å². The molecule has 2 aromatic rings. The number of thiophene rings is 1. The summed E-state index contributed by atoms with van der Waals surface area (Å²) < 4.78 is 2.26. The van der Waals surface area contributed by atoms with Crippen molar-refractivity contribution in [2.24, 2.45) is 0 Å². The van der Waals surface area contributed by atoms with Gasteiger partial charge in [-0.3, -0.25) is 0 Å². The van der Waals surface area contributed by atoms with Crippen LogP contribution in [-0.2, 0) is 0 Å². The van der Waals surface area contributed by atoms with Crippen LogP contribution in [0.3, 0.4) is 0 Å². The van der Waals surface area contributed by atoms with Gasteiger partial charge in [0.05, 0.1) is 0 Å². The molecule has 0 spiro atoms. The van der Waals surface area contributed by atoms with Crippen molar-refractivity contribution in [2.75, 3.05) is 0 Å². The van der Waals surface area contributed by atoms with Crippen molar-refractivity contribution in [1.29, 1.82) is 0 Å². The number of hydrogen-bond donors (Lipinski definition) is 0. The Morgan fingerprint density at radius 3 is 2.83 bits per heavy atom. The zero-order valence-corrected chi connectivity index (χ0v) is 8.72. The third-order valence-corrected chi connectivity index (χ3v) is 4.89. The summed E-state index contributed by atoms with van der Waals surface area (Å²) in [6, 6.07) is 8.10. The van der Waals surface area contributed by atoms with Crippen molar-refractivity contribution in [3.05, 3.63) is 34.1 Å². The first-order valence-electron chi connectivity index (χ1n) is 3.49. The molecule has 0 amide bonds. The van der Waals surface area contributed by atoms with Gasteiger partial charge in [-0.1, -0.05) is 0 Å². The molecule has 2 heterocycles. The fourth-order valence-corrected chi connectivity index (χ4v) is 3.69. The van der Waals surface area contributed by atoms with Gasteiger partial charge in [0.25, 0.3) is 0 Å². The summed E-state index contributed by atoms with van der Waals surface area (Å²) in [5.74, 6) is 0. The summed E-state index contributed by atoms with van der Waals surface area (Å²) in [4.78, 5) is 11.7. The molecule has 1 nitrogen and oxygen atoms in total. The average Bonchev–Trinajstić information content (AvgIpc) is 2.75. The molecule has 2 rings (SSSR count). The van der Waals surface area contributed by atoms with Crippen molar-refractivity contribution in [3.63, 3.8) is 0 Å². The summed E-state index contributed by atoms with van der Waals surface area (Å²) in [6.45, 7) is 0. The minimum absolute atomic E-state index is 0.243. The molecule has 0 aliphatic heterocycles. The van der Waals surface area contributed by atoms with Crippen LogP contribution in [0.25, 0.3) is 9.31 Å².